The van der Waals surface area contributed by atoms with Gasteiger partial charge < -0.3 is 19.7 Å². The summed E-state index contributed by atoms with van der Waals surface area (Å²) in [5.74, 6) is 1.43. The van der Waals surface area contributed by atoms with Gasteiger partial charge in [-0.3, -0.25) is 9.79 Å². The summed E-state index contributed by atoms with van der Waals surface area (Å²) < 4.78 is 10.6. The highest BCUT2D eigenvalue weighted by molar-refractivity contribution is 14.0. The first-order valence-electron chi connectivity index (χ1n) is 9.37. The maximum atomic E-state index is 11.8. The molecule has 1 saturated heterocycles. The van der Waals surface area contributed by atoms with Crippen molar-refractivity contribution in [1.29, 1.82) is 0 Å². The van der Waals surface area contributed by atoms with Gasteiger partial charge in [0.15, 0.2) is 5.96 Å². The molecule has 1 aromatic heterocycles. The molecular weight excluding hydrogens is 459 g/mol. The Bertz CT molecular complexity index is 587. The Morgan fingerprint density at radius 2 is 2.07 bits per heavy atom. The van der Waals surface area contributed by atoms with Crippen molar-refractivity contribution in [2.45, 2.75) is 39.7 Å². The topological polar surface area (TPSA) is 76.0 Å². The highest BCUT2D eigenvalue weighted by Gasteiger charge is 2.27. The van der Waals surface area contributed by atoms with Crippen LogP contribution < -0.4 is 10.1 Å². The van der Waals surface area contributed by atoms with Gasteiger partial charge in [0.25, 0.3) is 0 Å². The summed E-state index contributed by atoms with van der Waals surface area (Å²) in [5, 5.41) is 3.37. The number of aliphatic imine (C=N–C) groups is 1. The molecule has 0 bridgehead atoms. The number of likely N-dealkylation sites (tertiary alicyclic amines) is 1. The van der Waals surface area contributed by atoms with Gasteiger partial charge in [0.1, 0.15) is 0 Å². The number of carbonyl (C=O) groups excluding carboxylic acids is 1. The third-order valence-electron chi connectivity index (χ3n) is 4.33. The fourth-order valence-electron chi connectivity index (χ4n) is 2.91. The van der Waals surface area contributed by atoms with Crippen LogP contribution in [0.15, 0.2) is 23.3 Å². The number of carbonyl (C=O) groups is 1. The zero-order valence-corrected chi connectivity index (χ0v) is 18.8. The molecule has 0 aliphatic carbocycles. The molecular formula is C19H31IN4O3. The van der Waals surface area contributed by atoms with Crippen LogP contribution in [0.25, 0.3) is 0 Å². The van der Waals surface area contributed by atoms with Crippen LogP contribution in [-0.2, 0) is 16.1 Å². The monoisotopic (exact) mass is 490 g/mol. The lowest BCUT2D eigenvalue weighted by Gasteiger charge is -2.33. The maximum Gasteiger partial charge on any atom is 0.309 e. The smallest absolute Gasteiger partial charge is 0.309 e. The van der Waals surface area contributed by atoms with Gasteiger partial charge in [-0.2, -0.15) is 0 Å². The average Bonchev–Trinajstić information content (AvgIpc) is 2.68. The van der Waals surface area contributed by atoms with Crippen LogP contribution in [0.4, 0.5) is 0 Å². The highest BCUT2D eigenvalue weighted by atomic mass is 127. The summed E-state index contributed by atoms with van der Waals surface area (Å²) in [7, 11) is 1.78. The number of guanidine groups is 1. The number of piperidine rings is 1. The van der Waals surface area contributed by atoms with Crippen molar-refractivity contribution in [2.75, 3.05) is 33.4 Å². The molecule has 0 unspecified atom stereocenters. The second-order valence-corrected chi connectivity index (χ2v) is 6.27. The number of esters is 1. The van der Waals surface area contributed by atoms with Gasteiger partial charge in [-0.05, 0) is 31.7 Å². The normalized spacial score (nSPS) is 15.1. The maximum absolute atomic E-state index is 11.8. The molecule has 0 saturated carbocycles. The van der Waals surface area contributed by atoms with E-state index in [0.717, 1.165) is 43.9 Å². The van der Waals surface area contributed by atoms with Crippen LogP contribution in [0.2, 0.25) is 0 Å². The minimum absolute atomic E-state index is 0. The number of halogens is 1. The quantitative estimate of drug-likeness (QED) is 0.274. The van der Waals surface area contributed by atoms with E-state index in [9.17, 15) is 4.79 Å². The Kier molecular flexibility index (Phi) is 11.1. The van der Waals surface area contributed by atoms with E-state index < -0.39 is 0 Å². The van der Waals surface area contributed by atoms with Crippen LogP contribution >= 0.6 is 24.0 Å². The summed E-state index contributed by atoms with van der Waals surface area (Å²) in [4.78, 5) is 22.7. The summed E-state index contributed by atoms with van der Waals surface area (Å²) in [6.07, 6.45) is 4.38. The molecule has 0 aromatic carbocycles. The van der Waals surface area contributed by atoms with E-state index in [0.29, 0.717) is 25.6 Å². The van der Waals surface area contributed by atoms with Gasteiger partial charge in [0, 0.05) is 38.9 Å². The van der Waals surface area contributed by atoms with E-state index in [2.05, 4.69) is 27.1 Å². The predicted molar refractivity (Wildman–Crippen MR) is 117 cm³/mol. The fraction of sp³-hybridized carbons (Fsp3) is 0.632. The van der Waals surface area contributed by atoms with Crippen LogP contribution in [0.1, 0.15) is 38.7 Å². The van der Waals surface area contributed by atoms with Gasteiger partial charge >= 0.3 is 5.97 Å². The zero-order chi connectivity index (χ0) is 18.8. The molecule has 0 atom stereocenters. The van der Waals surface area contributed by atoms with Crippen molar-refractivity contribution < 1.29 is 14.3 Å². The molecule has 1 aliphatic rings. The number of nitrogens with one attached hydrogen (secondary N) is 1. The number of aromatic nitrogens is 1. The van der Waals surface area contributed by atoms with E-state index in [1.54, 1.807) is 7.05 Å². The number of hydrogen-bond donors (Lipinski definition) is 1. The third kappa shape index (κ3) is 7.51. The summed E-state index contributed by atoms with van der Waals surface area (Å²) in [6, 6.07) is 3.89. The molecule has 152 valence electrons. The first-order chi connectivity index (χ1) is 12.7. The Morgan fingerprint density at radius 1 is 1.33 bits per heavy atom. The van der Waals surface area contributed by atoms with Crippen molar-refractivity contribution in [1.82, 2.24) is 15.2 Å². The Hall–Kier alpha value is -1.58. The molecule has 27 heavy (non-hydrogen) atoms. The molecule has 0 amide bonds. The second kappa shape index (κ2) is 12.7. The van der Waals surface area contributed by atoms with E-state index in [1.165, 1.54) is 0 Å². The third-order valence-corrected chi connectivity index (χ3v) is 4.33. The standard InChI is InChI=1S/C19H30N4O3.HI/c1-4-12-26-17-7-6-15(13-21-17)14-22-19(20-3)23-10-8-16(9-11-23)18(24)25-5-2;/h6-7,13,16H,4-5,8-12,14H2,1-3H3,(H,20,22);1H. The summed E-state index contributed by atoms with van der Waals surface area (Å²) in [5.41, 5.74) is 1.07. The minimum atomic E-state index is -0.0773. The second-order valence-electron chi connectivity index (χ2n) is 6.27. The van der Waals surface area contributed by atoms with Crippen LogP contribution in [0.3, 0.4) is 0 Å². The first-order valence-corrected chi connectivity index (χ1v) is 9.37. The lowest BCUT2D eigenvalue weighted by Crippen LogP contribution is -2.46. The van der Waals surface area contributed by atoms with Crippen molar-refractivity contribution in [3.8, 4) is 5.88 Å². The molecule has 2 heterocycles. The molecule has 1 N–H and O–H groups in total. The first kappa shape index (κ1) is 23.5. The fourth-order valence-corrected chi connectivity index (χ4v) is 2.91. The van der Waals surface area contributed by atoms with E-state index in [4.69, 9.17) is 9.47 Å². The van der Waals surface area contributed by atoms with Crippen molar-refractivity contribution >= 4 is 35.9 Å². The van der Waals surface area contributed by atoms with Crippen LogP contribution in [-0.4, -0.2) is 55.2 Å². The Balaban J connectivity index is 0.00000364. The van der Waals surface area contributed by atoms with E-state index >= 15 is 0 Å². The minimum Gasteiger partial charge on any atom is -0.478 e. The Morgan fingerprint density at radius 3 is 2.63 bits per heavy atom. The van der Waals surface area contributed by atoms with Crippen LogP contribution in [0, 0.1) is 5.92 Å². The SMILES string of the molecule is CCCOc1ccc(CNC(=NC)N2CCC(C(=O)OCC)CC2)cn1.I. The van der Waals surface area contributed by atoms with E-state index in [-0.39, 0.29) is 35.9 Å². The zero-order valence-electron chi connectivity index (χ0n) is 16.4. The Labute approximate surface area is 178 Å². The van der Waals surface area contributed by atoms with Gasteiger partial charge in [0.05, 0.1) is 19.1 Å². The lowest BCUT2D eigenvalue weighted by atomic mass is 9.97. The number of ether oxygens (including phenoxy) is 2. The predicted octanol–water partition coefficient (Wildman–Crippen LogP) is 2.84. The van der Waals surface area contributed by atoms with E-state index in [1.807, 2.05) is 25.3 Å². The molecule has 1 fully saturated rings. The van der Waals surface area contributed by atoms with Gasteiger partial charge in [-0.25, -0.2) is 4.98 Å². The summed E-state index contributed by atoms with van der Waals surface area (Å²) in [6.45, 7) is 7.27. The van der Waals surface area contributed by atoms with Crippen molar-refractivity contribution in [2.24, 2.45) is 10.9 Å². The molecule has 7 nitrogen and oxygen atoms in total. The number of rotatable bonds is 7. The number of nitrogens with zero attached hydrogens (tertiary/aromatic N) is 3. The molecule has 1 aromatic rings. The van der Waals surface area contributed by atoms with Gasteiger partial charge in [0.2, 0.25) is 5.88 Å². The largest absolute Gasteiger partial charge is 0.478 e. The molecule has 8 heteroatoms. The molecule has 2 rings (SSSR count). The summed E-state index contributed by atoms with van der Waals surface area (Å²) >= 11 is 0. The van der Waals surface area contributed by atoms with Crippen molar-refractivity contribution in [3.63, 3.8) is 0 Å². The molecule has 0 spiro atoms. The van der Waals surface area contributed by atoms with Gasteiger partial charge in [-0.1, -0.05) is 13.0 Å². The van der Waals surface area contributed by atoms with Crippen LogP contribution in [0.5, 0.6) is 5.88 Å². The number of pyridine rings is 1. The highest BCUT2D eigenvalue weighted by Crippen LogP contribution is 2.19. The number of hydrogen-bond acceptors (Lipinski definition) is 5. The molecule has 1 aliphatic heterocycles. The van der Waals surface area contributed by atoms with Crippen molar-refractivity contribution in [3.05, 3.63) is 23.9 Å². The molecule has 0 radical (unpaired) electrons. The lowest BCUT2D eigenvalue weighted by molar-refractivity contribution is -0.149. The van der Waals surface area contributed by atoms with Gasteiger partial charge in [-0.15, -0.1) is 24.0 Å². The average molecular weight is 490 g/mol.